The first-order valence-corrected chi connectivity index (χ1v) is 7.15. The maximum atomic E-state index is 12.9. The normalized spacial score (nSPS) is 14.0. The Bertz CT molecular complexity index is 322. The van der Waals surface area contributed by atoms with Crippen LogP contribution in [0.4, 0.5) is 13.2 Å². The van der Waals surface area contributed by atoms with Crippen LogP contribution in [-0.4, -0.2) is 18.5 Å². The molecule has 1 aromatic carbocycles. The molecule has 0 aromatic heterocycles. The lowest BCUT2D eigenvalue weighted by atomic mass is 10.1. The van der Waals surface area contributed by atoms with Gasteiger partial charge in [0.05, 0.1) is 0 Å². The summed E-state index contributed by atoms with van der Waals surface area (Å²) in [6.45, 7) is 3.71. The van der Waals surface area contributed by atoms with Crippen LogP contribution >= 0.6 is 8.15 Å². The second kappa shape index (κ2) is 6.36. The zero-order valence-electron chi connectivity index (χ0n) is 9.87. The van der Waals surface area contributed by atoms with Crippen LogP contribution in [-0.2, 0) is 4.52 Å². The average molecular weight is 264 g/mol. The molecule has 0 aliphatic carbocycles. The predicted molar refractivity (Wildman–Crippen MR) is 64.3 cm³/mol. The Hall–Kier alpha value is -0.600. The molecule has 0 aliphatic rings. The minimum absolute atomic E-state index is 0.175. The summed E-state index contributed by atoms with van der Waals surface area (Å²) < 4.78 is 44.0. The van der Waals surface area contributed by atoms with E-state index in [0.717, 1.165) is 0 Å². The zero-order chi connectivity index (χ0) is 12.9. The number of hydrogen-bond donors (Lipinski definition) is 0. The summed E-state index contributed by atoms with van der Waals surface area (Å²) in [5.74, 6) is 0. The van der Waals surface area contributed by atoms with Crippen molar-refractivity contribution in [2.75, 3.05) is 12.3 Å². The van der Waals surface area contributed by atoms with E-state index in [2.05, 4.69) is 0 Å². The molecule has 0 radical (unpaired) electrons. The summed E-state index contributed by atoms with van der Waals surface area (Å²) in [6, 6.07) is 7.79. The summed E-state index contributed by atoms with van der Waals surface area (Å²) >= 11 is 0. The van der Waals surface area contributed by atoms with Crippen molar-refractivity contribution in [1.29, 1.82) is 0 Å². The molecule has 0 heterocycles. The molecule has 1 unspecified atom stereocenters. The molecule has 1 atom stereocenters. The third kappa shape index (κ3) is 4.29. The van der Waals surface area contributed by atoms with Gasteiger partial charge in [0.2, 0.25) is 0 Å². The van der Waals surface area contributed by atoms with E-state index in [4.69, 9.17) is 4.52 Å². The van der Waals surface area contributed by atoms with Gasteiger partial charge in [-0.15, -0.1) is 0 Å². The van der Waals surface area contributed by atoms with Crippen LogP contribution in [0, 0.1) is 0 Å². The molecular formula is C12H16F3OP. The zero-order valence-corrected chi connectivity index (χ0v) is 10.8. The van der Waals surface area contributed by atoms with Crippen molar-refractivity contribution < 1.29 is 17.7 Å². The van der Waals surface area contributed by atoms with E-state index < -0.39 is 20.4 Å². The molecule has 0 saturated heterocycles. The number of hydrogen-bond acceptors (Lipinski definition) is 1. The van der Waals surface area contributed by atoms with Crippen LogP contribution in [0.5, 0.6) is 0 Å². The van der Waals surface area contributed by atoms with Gasteiger partial charge in [0, 0.05) is 8.15 Å². The highest BCUT2D eigenvalue weighted by molar-refractivity contribution is 7.52. The van der Waals surface area contributed by atoms with E-state index in [1.807, 2.05) is 13.8 Å². The molecule has 96 valence electrons. The standard InChI is InChI=1S/C12H16F3OP/c1-3-17(4-2)16-11(12(13,14)15)10-8-6-5-7-9-10/h5-9,11H,3-4H2,1-2H3. The van der Waals surface area contributed by atoms with Crippen molar-refractivity contribution in [3.05, 3.63) is 35.9 Å². The van der Waals surface area contributed by atoms with Crippen molar-refractivity contribution in [2.45, 2.75) is 26.1 Å². The maximum absolute atomic E-state index is 12.9. The van der Waals surface area contributed by atoms with Gasteiger partial charge in [0.15, 0.2) is 6.10 Å². The topological polar surface area (TPSA) is 9.23 Å². The molecular weight excluding hydrogens is 248 g/mol. The van der Waals surface area contributed by atoms with Crippen molar-refractivity contribution in [3.63, 3.8) is 0 Å². The van der Waals surface area contributed by atoms with Gasteiger partial charge in [-0.3, -0.25) is 0 Å². The molecule has 1 aromatic rings. The summed E-state index contributed by atoms with van der Waals surface area (Å²) in [5.41, 5.74) is 0.175. The van der Waals surface area contributed by atoms with E-state index in [-0.39, 0.29) is 5.56 Å². The third-order valence-electron chi connectivity index (χ3n) is 2.36. The summed E-state index contributed by atoms with van der Waals surface area (Å²) in [7, 11) is -1.00. The van der Waals surface area contributed by atoms with Crippen molar-refractivity contribution in [2.24, 2.45) is 0 Å². The molecule has 0 bridgehead atoms. The van der Waals surface area contributed by atoms with Gasteiger partial charge >= 0.3 is 6.18 Å². The molecule has 0 aliphatic heterocycles. The SMILES string of the molecule is CCP(CC)OC(c1ccccc1)C(F)(F)F. The number of halogens is 3. The summed E-state index contributed by atoms with van der Waals surface area (Å²) in [4.78, 5) is 0. The number of benzene rings is 1. The molecule has 0 fully saturated rings. The van der Waals surface area contributed by atoms with Crippen molar-refractivity contribution >= 4 is 8.15 Å². The second-order valence-corrected chi connectivity index (χ2v) is 5.99. The van der Waals surface area contributed by atoms with Gasteiger partial charge in [-0.2, -0.15) is 13.2 Å². The first kappa shape index (κ1) is 14.5. The molecule has 0 N–H and O–H groups in total. The van der Waals surface area contributed by atoms with Gasteiger partial charge in [0.25, 0.3) is 0 Å². The van der Waals surface area contributed by atoms with Crippen molar-refractivity contribution in [3.8, 4) is 0 Å². The largest absolute Gasteiger partial charge is 0.419 e. The highest BCUT2D eigenvalue weighted by Gasteiger charge is 2.42. The minimum atomic E-state index is -4.35. The van der Waals surface area contributed by atoms with Crippen LogP contribution in [0.3, 0.4) is 0 Å². The monoisotopic (exact) mass is 264 g/mol. The number of rotatable bonds is 5. The Labute approximate surface area is 101 Å². The van der Waals surface area contributed by atoms with Gasteiger partial charge in [-0.05, 0) is 17.9 Å². The van der Waals surface area contributed by atoms with Gasteiger partial charge < -0.3 is 4.52 Å². The van der Waals surface area contributed by atoms with Crippen LogP contribution in [0.15, 0.2) is 30.3 Å². The molecule has 0 saturated carbocycles. The van der Waals surface area contributed by atoms with E-state index in [1.54, 1.807) is 18.2 Å². The lowest BCUT2D eigenvalue weighted by Gasteiger charge is -2.25. The van der Waals surface area contributed by atoms with E-state index >= 15 is 0 Å². The first-order valence-electron chi connectivity index (χ1n) is 5.52. The van der Waals surface area contributed by atoms with E-state index in [0.29, 0.717) is 12.3 Å². The third-order valence-corrected chi connectivity index (χ3v) is 4.28. The van der Waals surface area contributed by atoms with Crippen LogP contribution in [0.2, 0.25) is 0 Å². The fourth-order valence-corrected chi connectivity index (χ4v) is 2.74. The summed E-state index contributed by atoms with van der Waals surface area (Å²) in [6.07, 6.45) is -4.86. The highest BCUT2D eigenvalue weighted by Crippen LogP contribution is 2.47. The Morgan fingerprint density at radius 3 is 2.06 bits per heavy atom. The van der Waals surface area contributed by atoms with Crippen LogP contribution in [0.1, 0.15) is 25.5 Å². The molecule has 0 amide bonds. The van der Waals surface area contributed by atoms with Crippen LogP contribution < -0.4 is 0 Å². The average Bonchev–Trinajstić information content (AvgIpc) is 2.30. The van der Waals surface area contributed by atoms with Gasteiger partial charge in [-0.25, -0.2) is 0 Å². The van der Waals surface area contributed by atoms with E-state index in [1.165, 1.54) is 12.1 Å². The predicted octanol–water partition coefficient (Wildman–Crippen LogP) is 4.74. The van der Waals surface area contributed by atoms with Crippen molar-refractivity contribution in [1.82, 2.24) is 0 Å². The smallest absolute Gasteiger partial charge is 0.342 e. The number of alkyl halides is 3. The molecule has 0 spiro atoms. The van der Waals surface area contributed by atoms with Gasteiger partial charge in [0.1, 0.15) is 0 Å². The fourth-order valence-electron chi connectivity index (χ4n) is 1.46. The fraction of sp³-hybridized carbons (Fsp3) is 0.500. The quantitative estimate of drug-likeness (QED) is 0.698. The minimum Gasteiger partial charge on any atom is -0.342 e. The Kier molecular flexibility index (Phi) is 5.41. The summed E-state index contributed by atoms with van der Waals surface area (Å²) in [5, 5.41) is 0. The Morgan fingerprint density at radius 2 is 1.65 bits per heavy atom. The van der Waals surface area contributed by atoms with Gasteiger partial charge in [-0.1, -0.05) is 44.2 Å². The first-order chi connectivity index (χ1) is 7.99. The molecule has 17 heavy (non-hydrogen) atoms. The highest BCUT2D eigenvalue weighted by atomic mass is 31.1. The lowest BCUT2D eigenvalue weighted by Crippen LogP contribution is -2.22. The lowest BCUT2D eigenvalue weighted by molar-refractivity contribution is -0.196. The molecule has 1 nitrogen and oxygen atoms in total. The second-order valence-electron chi connectivity index (χ2n) is 3.55. The maximum Gasteiger partial charge on any atom is 0.419 e. The molecule has 1 rings (SSSR count). The van der Waals surface area contributed by atoms with E-state index in [9.17, 15) is 13.2 Å². The molecule has 5 heteroatoms. The van der Waals surface area contributed by atoms with Crippen LogP contribution in [0.25, 0.3) is 0 Å². The Morgan fingerprint density at radius 1 is 1.12 bits per heavy atom. The Balaban J connectivity index is 2.90.